The molecule has 2 aromatic rings. The van der Waals surface area contributed by atoms with E-state index >= 15 is 0 Å². The molecule has 0 aliphatic rings. The van der Waals surface area contributed by atoms with Gasteiger partial charge in [-0.2, -0.15) is 0 Å². The quantitative estimate of drug-likeness (QED) is 0.715. The lowest BCUT2D eigenvalue weighted by molar-refractivity contribution is 0.957. The van der Waals surface area contributed by atoms with Crippen molar-refractivity contribution in [3.63, 3.8) is 0 Å². The van der Waals surface area contributed by atoms with Crippen molar-refractivity contribution in [2.45, 2.75) is 26.7 Å². The zero-order chi connectivity index (χ0) is 11.4. The van der Waals surface area contributed by atoms with Gasteiger partial charge in [-0.3, -0.25) is 0 Å². The van der Waals surface area contributed by atoms with Gasteiger partial charge < -0.3 is 0 Å². The van der Waals surface area contributed by atoms with E-state index in [-0.39, 0.29) is 0 Å². The molecule has 0 radical (unpaired) electrons. The molecule has 16 heavy (non-hydrogen) atoms. The third-order valence-corrected chi connectivity index (χ3v) is 2.91. The highest BCUT2D eigenvalue weighted by molar-refractivity contribution is 5.25. The predicted octanol–water partition coefficient (Wildman–Crippen LogP) is 4.09. The van der Waals surface area contributed by atoms with Crippen LogP contribution in [0.15, 0.2) is 48.5 Å². The molecule has 0 heteroatoms. The van der Waals surface area contributed by atoms with Crippen LogP contribution in [0.5, 0.6) is 0 Å². The van der Waals surface area contributed by atoms with Crippen molar-refractivity contribution in [1.82, 2.24) is 0 Å². The first-order valence-electron chi connectivity index (χ1n) is 5.85. The second-order valence-electron chi connectivity index (χ2n) is 4.47. The molecule has 0 amide bonds. The zero-order valence-corrected chi connectivity index (χ0v) is 10.0. The van der Waals surface area contributed by atoms with Gasteiger partial charge in [0.1, 0.15) is 0 Å². The molecule has 82 valence electrons. The first kappa shape index (κ1) is 10.9. The van der Waals surface area contributed by atoms with Crippen LogP contribution in [-0.4, -0.2) is 0 Å². The maximum atomic E-state index is 2.27. The minimum absolute atomic E-state index is 1.13. The van der Waals surface area contributed by atoms with Gasteiger partial charge in [-0.1, -0.05) is 59.7 Å². The lowest BCUT2D eigenvalue weighted by Crippen LogP contribution is -1.91. The number of hydrogen-bond acceptors (Lipinski definition) is 0. The number of hydrogen-bond donors (Lipinski definition) is 0. The lowest BCUT2D eigenvalue weighted by atomic mass is 10.0. The minimum Gasteiger partial charge on any atom is -0.0617 e. The summed E-state index contributed by atoms with van der Waals surface area (Å²) in [5.41, 5.74) is 5.54. The molecule has 0 atom stereocenters. The van der Waals surface area contributed by atoms with Gasteiger partial charge in [0, 0.05) is 0 Å². The third-order valence-electron chi connectivity index (χ3n) is 2.91. The predicted molar refractivity (Wildman–Crippen MR) is 69.8 cm³/mol. The summed E-state index contributed by atoms with van der Waals surface area (Å²) in [5, 5.41) is 0. The van der Waals surface area contributed by atoms with E-state index in [2.05, 4.69) is 62.4 Å². The van der Waals surface area contributed by atoms with Crippen LogP contribution in [0.3, 0.4) is 0 Å². The van der Waals surface area contributed by atoms with Crippen molar-refractivity contribution in [2.75, 3.05) is 0 Å². The highest BCUT2D eigenvalue weighted by atomic mass is 14.0. The molecule has 2 rings (SSSR count). The lowest BCUT2D eigenvalue weighted by Gasteiger charge is -2.03. The van der Waals surface area contributed by atoms with Gasteiger partial charge in [0.05, 0.1) is 0 Å². The van der Waals surface area contributed by atoms with Gasteiger partial charge in [0.2, 0.25) is 0 Å². The largest absolute Gasteiger partial charge is 0.0617 e. The Morgan fingerprint density at radius 1 is 0.688 bits per heavy atom. The average molecular weight is 210 g/mol. The second-order valence-corrected chi connectivity index (χ2v) is 4.47. The Kier molecular flexibility index (Phi) is 3.40. The summed E-state index contributed by atoms with van der Waals surface area (Å²) in [6.45, 7) is 4.28. The van der Waals surface area contributed by atoms with Gasteiger partial charge in [0.15, 0.2) is 0 Å². The van der Waals surface area contributed by atoms with Crippen molar-refractivity contribution >= 4 is 0 Å². The van der Waals surface area contributed by atoms with Crippen LogP contribution in [0.2, 0.25) is 0 Å². The smallest absolute Gasteiger partial charge is 0.0238 e. The van der Waals surface area contributed by atoms with Gasteiger partial charge in [-0.25, -0.2) is 0 Å². The van der Waals surface area contributed by atoms with E-state index in [9.17, 15) is 0 Å². The van der Waals surface area contributed by atoms with E-state index in [0.29, 0.717) is 0 Å². The van der Waals surface area contributed by atoms with Crippen molar-refractivity contribution < 1.29 is 0 Å². The Balaban J connectivity index is 1.99. The fourth-order valence-corrected chi connectivity index (χ4v) is 1.91. The standard InChI is InChI=1S/C16H18/c1-13-6-8-15(9-7-13)10-11-16-5-3-4-14(2)12-16/h3-9,12H,10-11H2,1-2H3. The van der Waals surface area contributed by atoms with Crippen LogP contribution >= 0.6 is 0 Å². The summed E-state index contributed by atoms with van der Waals surface area (Å²) in [4.78, 5) is 0. The first-order valence-corrected chi connectivity index (χ1v) is 5.85. The molecule has 0 bridgehead atoms. The van der Waals surface area contributed by atoms with Crippen LogP contribution in [0.4, 0.5) is 0 Å². The molecule has 0 nitrogen and oxygen atoms in total. The van der Waals surface area contributed by atoms with Gasteiger partial charge in [-0.05, 0) is 37.8 Å². The normalized spacial score (nSPS) is 10.4. The van der Waals surface area contributed by atoms with Gasteiger partial charge >= 0.3 is 0 Å². The summed E-state index contributed by atoms with van der Waals surface area (Å²) in [6, 6.07) is 17.6. The Hall–Kier alpha value is -1.56. The van der Waals surface area contributed by atoms with Gasteiger partial charge in [-0.15, -0.1) is 0 Å². The highest BCUT2D eigenvalue weighted by Gasteiger charge is 1.96. The Morgan fingerprint density at radius 2 is 1.38 bits per heavy atom. The fraction of sp³-hybridized carbons (Fsp3) is 0.250. The topological polar surface area (TPSA) is 0 Å². The number of aryl methyl sites for hydroxylation is 4. The molecule has 0 saturated heterocycles. The Morgan fingerprint density at radius 3 is 2.06 bits per heavy atom. The summed E-state index contributed by atoms with van der Waals surface area (Å²) < 4.78 is 0. The van der Waals surface area contributed by atoms with E-state index in [1.807, 2.05) is 0 Å². The maximum absolute atomic E-state index is 2.27. The molecule has 0 fully saturated rings. The third kappa shape index (κ3) is 2.96. The van der Waals surface area contributed by atoms with E-state index in [4.69, 9.17) is 0 Å². The van der Waals surface area contributed by atoms with Crippen LogP contribution in [0.25, 0.3) is 0 Å². The van der Waals surface area contributed by atoms with Crippen molar-refractivity contribution in [3.8, 4) is 0 Å². The summed E-state index contributed by atoms with van der Waals surface area (Å²) in [5.74, 6) is 0. The number of rotatable bonds is 3. The van der Waals surface area contributed by atoms with Crippen molar-refractivity contribution in [3.05, 3.63) is 70.8 Å². The zero-order valence-electron chi connectivity index (χ0n) is 10.0. The fourth-order valence-electron chi connectivity index (χ4n) is 1.91. The SMILES string of the molecule is Cc1ccc(CCc2cccc(C)c2)cc1. The number of benzene rings is 2. The summed E-state index contributed by atoms with van der Waals surface area (Å²) >= 11 is 0. The molecular weight excluding hydrogens is 192 g/mol. The van der Waals surface area contributed by atoms with E-state index in [0.717, 1.165) is 12.8 Å². The van der Waals surface area contributed by atoms with Crippen LogP contribution in [0, 0.1) is 13.8 Å². The van der Waals surface area contributed by atoms with E-state index in [1.165, 1.54) is 22.3 Å². The molecule has 0 saturated carbocycles. The van der Waals surface area contributed by atoms with E-state index < -0.39 is 0 Å². The molecule has 0 aromatic heterocycles. The molecule has 0 aliphatic carbocycles. The molecule has 0 unspecified atom stereocenters. The molecule has 0 aliphatic heterocycles. The van der Waals surface area contributed by atoms with Crippen LogP contribution < -0.4 is 0 Å². The monoisotopic (exact) mass is 210 g/mol. The van der Waals surface area contributed by atoms with Crippen LogP contribution in [-0.2, 0) is 12.8 Å². The minimum atomic E-state index is 1.13. The molecular formula is C16H18. The van der Waals surface area contributed by atoms with Crippen LogP contribution in [0.1, 0.15) is 22.3 Å². The van der Waals surface area contributed by atoms with Gasteiger partial charge in [0.25, 0.3) is 0 Å². The summed E-state index contributed by atoms with van der Waals surface area (Å²) in [7, 11) is 0. The van der Waals surface area contributed by atoms with E-state index in [1.54, 1.807) is 0 Å². The average Bonchev–Trinajstić information content (AvgIpc) is 2.28. The molecule has 0 N–H and O–H groups in total. The first-order chi connectivity index (χ1) is 7.74. The molecule has 0 heterocycles. The maximum Gasteiger partial charge on any atom is -0.0238 e. The molecule has 2 aromatic carbocycles. The Bertz CT molecular complexity index is 452. The second kappa shape index (κ2) is 4.98. The van der Waals surface area contributed by atoms with Crippen molar-refractivity contribution in [2.24, 2.45) is 0 Å². The van der Waals surface area contributed by atoms with Crippen molar-refractivity contribution in [1.29, 1.82) is 0 Å². The summed E-state index contributed by atoms with van der Waals surface area (Å²) in [6.07, 6.45) is 2.26. The Labute approximate surface area is 97.9 Å². The highest BCUT2D eigenvalue weighted by Crippen LogP contribution is 2.10. The molecule has 0 spiro atoms.